The largest absolute Gasteiger partial charge is 0.748 e. The number of carbonyl (C=O) groups is 1. The highest BCUT2D eigenvalue weighted by atomic mass is 127. The number of benzene rings is 2. The van der Waals surface area contributed by atoms with Gasteiger partial charge in [-0.3, -0.25) is 4.79 Å². The number of ketones is 1. The van der Waals surface area contributed by atoms with Crippen molar-refractivity contribution in [2.75, 3.05) is 5.75 Å². The van der Waals surface area contributed by atoms with Crippen LogP contribution in [0.3, 0.4) is 0 Å². The number of rotatable bonds is 10. The molecule has 2 unspecified atom stereocenters. The van der Waals surface area contributed by atoms with E-state index < -0.39 is 21.3 Å². The van der Waals surface area contributed by atoms with Crippen LogP contribution in [0.5, 0.6) is 0 Å². The van der Waals surface area contributed by atoms with E-state index in [9.17, 15) is 17.8 Å². The summed E-state index contributed by atoms with van der Waals surface area (Å²) in [6.45, 7) is 8.34. The minimum Gasteiger partial charge on any atom is -0.748 e. The van der Waals surface area contributed by atoms with Gasteiger partial charge in [0.15, 0.2) is 7.14 Å². The number of hydrogen-bond donors (Lipinski definition) is 0. The van der Waals surface area contributed by atoms with Gasteiger partial charge in [0.05, 0.1) is 15.9 Å². The van der Waals surface area contributed by atoms with Crippen LogP contribution in [0.25, 0.3) is 0 Å². The van der Waals surface area contributed by atoms with Gasteiger partial charge in [0.25, 0.3) is 0 Å². The maximum atomic E-state index is 11.8. The first-order chi connectivity index (χ1) is 17.0. The molecule has 4 rings (SSSR count). The molecule has 0 spiro atoms. The summed E-state index contributed by atoms with van der Waals surface area (Å²) in [7, 11) is -4.33. The van der Waals surface area contributed by atoms with Crippen molar-refractivity contribution in [3.63, 3.8) is 0 Å². The first-order valence-corrected chi connectivity index (χ1v) is 17.0. The Morgan fingerprint density at radius 2 is 1.36 bits per heavy atom. The molecule has 0 heterocycles. The normalized spacial score (nSPS) is 22.4. The van der Waals surface area contributed by atoms with E-state index >= 15 is 0 Å². The zero-order valence-electron chi connectivity index (χ0n) is 22.2. The molecule has 0 radical (unpaired) electrons. The number of Topliss-reactive ketones (excluding diaryl/α,β-unsaturated/α-hetero) is 1. The van der Waals surface area contributed by atoms with Gasteiger partial charge in [-0.15, -0.1) is 0 Å². The molecule has 2 aromatic carbocycles. The molecule has 2 bridgehead atoms. The topological polar surface area (TPSA) is 74.3 Å². The summed E-state index contributed by atoms with van der Waals surface area (Å²) in [6, 6.07) is 18.6. The van der Waals surface area contributed by atoms with Crippen molar-refractivity contribution >= 4 is 15.9 Å². The first-order valence-electron chi connectivity index (χ1n) is 13.3. The van der Waals surface area contributed by atoms with Crippen molar-refractivity contribution in [2.45, 2.75) is 85.5 Å². The van der Waals surface area contributed by atoms with E-state index in [2.05, 4.69) is 62.4 Å². The number of hydrogen-bond acceptors (Lipinski definition) is 4. The van der Waals surface area contributed by atoms with Crippen molar-refractivity contribution < 1.29 is 39.0 Å². The molecular weight excluding hydrogens is 583 g/mol. The minimum absolute atomic E-state index is 0.0240. The lowest BCUT2D eigenvalue weighted by molar-refractivity contribution is -0.597. The van der Waals surface area contributed by atoms with Gasteiger partial charge in [0.1, 0.15) is 5.78 Å². The Morgan fingerprint density at radius 1 is 0.889 bits per heavy atom. The van der Waals surface area contributed by atoms with Gasteiger partial charge in [-0.1, -0.05) is 64.8 Å². The Kier molecular flexibility index (Phi) is 10.2. The quantitative estimate of drug-likeness (QED) is 0.300. The monoisotopic (exact) mass is 624 g/mol. The molecule has 2 fully saturated rings. The standard InChI is InChI=1S/C20H26I.C10H16O4S/c1-3-5-7-17-9-13-19(14-10-17)21-20-15-11-18(12-16-20)8-6-4-2;1-9(2)7-3-4-10(9,8(11)5-7)6-15(12,13)14/h9-16H,3-8H2,1-2H3;7H,3-6H2,1-2H3,(H,12,13,14)/q+1;/p-1. The zero-order chi connectivity index (χ0) is 26.4. The summed E-state index contributed by atoms with van der Waals surface area (Å²) in [5.74, 6) is -0.280. The van der Waals surface area contributed by atoms with E-state index in [1.54, 1.807) is 0 Å². The lowest BCUT2D eigenvalue weighted by Crippen LogP contribution is -3.61. The second-order valence-corrected chi connectivity index (χ2v) is 15.4. The molecule has 0 saturated heterocycles. The third-order valence-corrected chi connectivity index (χ3v) is 11.8. The smallest absolute Gasteiger partial charge is 0.357 e. The van der Waals surface area contributed by atoms with Crippen molar-refractivity contribution in [3.8, 4) is 0 Å². The van der Waals surface area contributed by atoms with E-state index in [0.717, 1.165) is 6.42 Å². The third kappa shape index (κ3) is 7.19. The summed E-state index contributed by atoms with van der Waals surface area (Å²) >= 11 is -0.0240. The highest BCUT2D eigenvalue weighted by Gasteiger charge is 2.64. The van der Waals surface area contributed by atoms with Crippen molar-refractivity contribution in [3.05, 3.63) is 66.8 Å². The molecule has 2 atom stereocenters. The molecule has 36 heavy (non-hydrogen) atoms. The van der Waals surface area contributed by atoms with Crippen LogP contribution in [0.1, 0.15) is 83.8 Å². The number of halogens is 1. The molecule has 2 aliphatic carbocycles. The molecule has 198 valence electrons. The molecule has 4 nitrogen and oxygen atoms in total. The number of fused-ring (bicyclic) bond motifs is 2. The van der Waals surface area contributed by atoms with Crippen LogP contribution in [0.15, 0.2) is 48.5 Å². The Morgan fingerprint density at radius 3 is 1.69 bits per heavy atom. The highest BCUT2D eigenvalue weighted by Crippen LogP contribution is 2.64. The van der Waals surface area contributed by atoms with E-state index in [1.807, 2.05) is 13.8 Å². The zero-order valence-corrected chi connectivity index (χ0v) is 25.2. The second kappa shape index (κ2) is 12.5. The van der Waals surface area contributed by atoms with Gasteiger partial charge in [-0.05, 0) is 85.3 Å². The predicted molar refractivity (Wildman–Crippen MR) is 141 cm³/mol. The molecule has 0 amide bonds. The number of carbonyl (C=O) groups excluding carboxylic acids is 1. The average molecular weight is 625 g/mol. The van der Waals surface area contributed by atoms with Crippen LogP contribution in [0.2, 0.25) is 0 Å². The predicted octanol–water partition coefficient (Wildman–Crippen LogP) is 3.43. The summed E-state index contributed by atoms with van der Waals surface area (Å²) in [4.78, 5) is 11.8. The van der Waals surface area contributed by atoms with E-state index in [4.69, 9.17) is 0 Å². The van der Waals surface area contributed by atoms with Gasteiger partial charge in [0.2, 0.25) is 0 Å². The van der Waals surface area contributed by atoms with E-state index in [-0.39, 0.29) is 38.3 Å². The van der Waals surface area contributed by atoms with Gasteiger partial charge in [-0.25, -0.2) is 8.42 Å². The van der Waals surface area contributed by atoms with Crippen LogP contribution in [0.4, 0.5) is 0 Å². The fourth-order valence-electron chi connectivity index (χ4n) is 5.73. The molecule has 2 aromatic rings. The molecule has 6 heteroatoms. The maximum absolute atomic E-state index is 11.8. The Balaban J connectivity index is 0.000000212. The molecule has 0 aromatic heterocycles. The maximum Gasteiger partial charge on any atom is 0.357 e. The average Bonchev–Trinajstić information content (AvgIpc) is 3.17. The summed E-state index contributed by atoms with van der Waals surface area (Å²) in [5, 5.41) is 0. The van der Waals surface area contributed by atoms with E-state index in [1.165, 1.54) is 56.8 Å². The Hall–Kier alpha value is -1.25. The van der Waals surface area contributed by atoms with Gasteiger partial charge in [-0.2, -0.15) is 0 Å². The van der Waals surface area contributed by atoms with Crippen LogP contribution in [-0.4, -0.2) is 24.5 Å². The van der Waals surface area contributed by atoms with Crippen LogP contribution >= 0.6 is 0 Å². The fourth-order valence-corrected chi connectivity index (χ4v) is 9.16. The number of unbranched alkanes of at least 4 members (excludes halogenated alkanes) is 2. The lowest BCUT2D eigenvalue weighted by Gasteiger charge is -2.37. The van der Waals surface area contributed by atoms with Gasteiger partial charge < -0.3 is 4.55 Å². The van der Waals surface area contributed by atoms with Crippen molar-refractivity contribution in [1.29, 1.82) is 0 Å². The van der Waals surface area contributed by atoms with E-state index in [0.29, 0.717) is 12.8 Å². The molecule has 0 N–H and O–H groups in total. The SMILES string of the molecule is CC1(C)C2CCC1(CS(=O)(=O)[O-])C(=O)C2.CCCCc1ccc([I+]c2ccc(CCCC)cc2)cc1. The summed E-state index contributed by atoms with van der Waals surface area (Å²) in [6.07, 6.45) is 9.48. The molecular formula is C30H41IO4S. The second-order valence-electron chi connectivity index (χ2n) is 10.9. The van der Waals surface area contributed by atoms with Crippen LogP contribution in [-0.2, 0) is 27.8 Å². The lowest BCUT2D eigenvalue weighted by atomic mass is 9.70. The molecule has 0 aliphatic heterocycles. The molecule has 2 saturated carbocycles. The van der Waals surface area contributed by atoms with Crippen molar-refractivity contribution in [2.24, 2.45) is 16.7 Å². The van der Waals surface area contributed by atoms with Gasteiger partial charge >= 0.3 is 21.2 Å². The van der Waals surface area contributed by atoms with Gasteiger partial charge in [0, 0.05) is 11.8 Å². The Labute approximate surface area is 228 Å². The summed E-state index contributed by atoms with van der Waals surface area (Å²) < 4.78 is 35.7. The highest BCUT2D eigenvalue weighted by molar-refractivity contribution is 7.85. The molecule has 2 aliphatic rings. The third-order valence-electron chi connectivity index (χ3n) is 8.25. The number of aryl methyl sites for hydroxylation is 2. The first kappa shape index (κ1) is 29.3. The van der Waals surface area contributed by atoms with Crippen LogP contribution in [0, 0.1) is 23.9 Å². The Bertz CT molecular complexity index is 1060. The fraction of sp³-hybridized carbons (Fsp3) is 0.567. The van der Waals surface area contributed by atoms with Crippen molar-refractivity contribution in [1.82, 2.24) is 0 Å². The minimum atomic E-state index is -4.33. The summed E-state index contributed by atoms with van der Waals surface area (Å²) in [5.41, 5.74) is 1.75. The van der Waals surface area contributed by atoms with Crippen LogP contribution < -0.4 is 21.2 Å².